The third kappa shape index (κ3) is 2.35. The van der Waals surface area contributed by atoms with Gasteiger partial charge in [-0.2, -0.15) is 0 Å². The first kappa shape index (κ1) is 12.2. The molecule has 1 unspecified atom stereocenters. The van der Waals surface area contributed by atoms with E-state index >= 15 is 0 Å². The molecule has 0 N–H and O–H groups in total. The van der Waals surface area contributed by atoms with Crippen molar-refractivity contribution in [3.05, 3.63) is 65.7 Å². The van der Waals surface area contributed by atoms with Crippen LogP contribution in [-0.4, -0.2) is 0 Å². The molecular formula is C19H20. The molecule has 0 radical (unpaired) electrons. The lowest BCUT2D eigenvalue weighted by Gasteiger charge is -2.13. The Hall–Kier alpha value is -1.82. The molecule has 0 bridgehead atoms. The molecule has 2 aromatic rings. The summed E-state index contributed by atoms with van der Waals surface area (Å²) in [7, 11) is 0. The minimum atomic E-state index is 0.624. The van der Waals surface area contributed by atoms with Crippen molar-refractivity contribution in [1.29, 1.82) is 0 Å². The summed E-state index contributed by atoms with van der Waals surface area (Å²) < 4.78 is 0. The molecule has 0 amide bonds. The molecule has 2 aromatic carbocycles. The van der Waals surface area contributed by atoms with E-state index in [4.69, 9.17) is 0 Å². The fraction of sp³-hybridized carbons (Fsp3) is 0.263. The molecule has 0 saturated carbocycles. The lowest BCUT2D eigenvalue weighted by atomic mass is 9.91. The number of allylic oxidation sites excluding steroid dienone is 1. The predicted octanol–water partition coefficient (Wildman–Crippen LogP) is 5.65. The van der Waals surface area contributed by atoms with Crippen LogP contribution >= 0.6 is 0 Å². The first-order valence-corrected chi connectivity index (χ1v) is 7.26. The topological polar surface area (TPSA) is 0 Å². The van der Waals surface area contributed by atoms with Crippen LogP contribution in [0.4, 0.5) is 0 Å². The summed E-state index contributed by atoms with van der Waals surface area (Å²) in [4.78, 5) is 0. The van der Waals surface area contributed by atoms with Gasteiger partial charge in [-0.05, 0) is 28.7 Å². The number of hydrogen-bond acceptors (Lipinski definition) is 0. The van der Waals surface area contributed by atoms with Crippen molar-refractivity contribution in [2.75, 3.05) is 0 Å². The molecule has 3 rings (SSSR count). The number of hydrogen-bond donors (Lipinski definition) is 0. The molecule has 0 nitrogen and oxygen atoms in total. The summed E-state index contributed by atoms with van der Waals surface area (Å²) in [6, 6.07) is 17.4. The molecule has 0 spiro atoms. The summed E-state index contributed by atoms with van der Waals surface area (Å²) in [5, 5.41) is 0. The SMILES string of the molecule is CCCCC1C=Cc2c(-c3ccccc3)cccc21. The quantitative estimate of drug-likeness (QED) is 0.655. The van der Waals surface area contributed by atoms with Crippen molar-refractivity contribution in [3.63, 3.8) is 0 Å². The molecule has 0 fully saturated rings. The van der Waals surface area contributed by atoms with E-state index in [1.165, 1.54) is 41.5 Å². The number of fused-ring (bicyclic) bond motifs is 1. The van der Waals surface area contributed by atoms with Gasteiger partial charge < -0.3 is 0 Å². The maximum Gasteiger partial charge on any atom is 0.00274 e. The van der Waals surface area contributed by atoms with E-state index in [0.29, 0.717) is 5.92 Å². The van der Waals surface area contributed by atoms with Gasteiger partial charge in [0.1, 0.15) is 0 Å². The van der Waals surface area contributed by atoms with Gasteiger partial charge in [-0.1, -0.05) is 80.4 Å². The minimum absolute atomic E-state index is 0.624. The van der Waals surface area contributed by atoms with Crippen molar-refractivity contribution in [2.24, 2.45) is 0 Å². The molecule has 96 valence electrons. The standard InChI is InChI=1S/C19H20/c1-2-3-8-16-13-14-19-17(11-7-12-18(16)19)15-9-5-4-6-10-15/h4-7,9-14,16H,2-3,8H2,1H3. The smallest absolute Gasteiger partial charge is 0.00274 e. The second-order valence-corrected chi connectivity index (χ2v) is 5.28. The first-order chi connectivity index (χ1) is 9.40. The highest BCUT2D eigenvalue weighted by atomic mass is 14.2. The van der Waals surface area contributed by atoms with Gasteiger partial charge in [0.2, 0.25) is 0 Å². The van der Waals surface area contributed by atoms with Crippen LogP contribution in [0.15, 0.2) is 54.6 Å². The van der Waals surface area contributed by atoms with Crippen LogP contribution in [0.5, 0.6) is 0 Å². The lowest BCUT2D eigenvalue weighted by Crippen LogP contribution is -1.94. The fourth-order valence-electron chi connectivity index (χ4n) is 2.95. The molecule has 0 heteroatoms. The molecule has 19 heavy (non-hydrogen) atoms. The van der Waals surface area contributed by atoms with E-state index in [9.17, 15) is 0 Å². The van der Waals surface area contributed by atoms with Crippen molar-refractivity contribution in [1.82, 2.24) is 0 Å². The predicted molar refractivity (Wildman–Crippen MR) is 83.2 cm³/mol. The van der Waals surface area contributed by atoms with Gasteiger partial charge in [-0.15, -0.1) is 0 Å². The van der Waals surface area contributed by atoms with E-state index in [2.05, 4.69) is 67.6 Å². The average Bonchev–Trinajstić information content (AvgIpc) is 2.89. The Bertz CT molecular complexity index is 578. The van der Waals surface area contributed by atoms with Crippen molar-refractivity contribution in [3.8, 4) is 11.1 Å². The van der Waals surface area contributed by atoms with Crippen LogP contribution in [0.25, 0.3) is 17.2 Å². The summed E-state index contributed by atoms with van der Waals surface area (Å²) in [5.74, 6) is 0.624. The fourth-order valence-corrected chi connectivity index (χ4v) is 2.95. The second kappa shape index (κ2) is 5.44. The molecule has 0 aliphatic heterocycles. The van der Waals surface area contributed by atoms with Gasteiger partial charge in [0, 0.05) is 5.92 Å². The van der Waals surface area contributed by atoms with Gasteiger partial charge in [0.05, 0.1) is 0 Å². The first-order valence-electron chi connectivity index (χ1n) is 7.26. The molecular weight excluding hydrogens is 228 g/mol. The third-order valence-electron chi connectivity index (χ3n) is 3.99. The van der Waals surface area contributed by atoms with Gasteiger partial charge in [0.15, 0.2) is 0 Å². The summed E-state index contributed by atoms with van der Waals surface area (Å²) in [5.41, 5.74) is 5.62. The van der Waals surface area contributed by atoms with Gasteiger partial charge in [0.25, 0.3) is 0 Å². The van der Waals surface area contributed by atoms with Crippen molar-refractivity contribution >= 4 is 6.08 Å². The Morgan fingerprint density at radius 2 is 1.79 bits per heavy atom. The maximum absolute atomic E-state index is 2.38. The second-order valence-electron chi connectivity index (χ2n) is 5.28. The molecule has 0 heterocycles. The van der Waals surface area contributed by atoms with Gasteiger partial charge >= 0.3 is 0 Å². The molecule has 0 aromatic heterocycles. The maximum atomic E-state index is 2.38. The van der Waals surface area contributed by atoms with E-state index in [1.54, 1.807) is 0 Å². The molecule has 1 atom stereocenters. The molecule has 0 saturated heterocycles. The highest BCUT2D eigenvalue weighted by Crippen LogP contribution is 2.38. The lowest BCUT2D eigenvalue weighted by molar-refractivity contribution is 0.669. The van der Waals surface area contributed by atoms with E-state index in [1.807, 2.05) is 0 Å². The van der Waals surface area contributed by atoms with Crippen LogP contribution in [-0.2, 0) is 0 Å². The highest BCUT2D eigenvalue weighted by molar-refractivity contribution is 5.80. The van der Waals surface area contributed by atoms with Gasteiger partial charge in [-0.25, -0.2) is 0 Å². The Balaban J connectivity index is 1.98. The Morgan fingerprint density at radius 3 is 2.58 bits per heavy atom. The van der Waals surface area contributed by atoms with Crippen molar-refractivity contribution < 1.29 is 0 Å². The van der Waals surface area contributed by atoms with E-state index < -0.39 is 0 Å². The zero-order valence-corrected chi connectivity index (χ0v) is 11.5. The number of benzene rings is 2. The van der Waals surface area contributed by atoms with Crippen LogP contribution in [0.1, 0.15) is 43.2 Å². The molecule has 1 aliphatic rings. The zero-order chi connectivity index (χ0) is 13.1. The van der Waals surface area contributed by atoms with Crippen LogP contribution in [0.3, 0.4) is 0 Å². The largest absolute Gasteiger partial charge is 0.0764 e. The Kier molecular flexibility index (Phi) is 3.50. The van der Waals surface area contributed by atoms with Gasteiger partial charge in [-0.3, -0.25) is 0 Å². The molecule has 1 aliphatic carbocycles. The average molecular weight is 248 g/mol. The van der Waals surface area contributed by atoms with Crippen LogP contribution in [0.2, 0.25) is 0 Å². The van der Waals surface area contributed by atoms with Crippen LogP contribution < -0.4 is 0 Å². The zero-order valence-electron chi connectivity index (χ0n) is 11.5. The Labute approximate surface area is 115 Å². The van der Waals surface area contributed by atoms with E-state index in [-0.39, 0.29) is 0 Å². The third-order valence-corrected chi connectivity index (χ3v) is 3.99. The minimum Gasteiger partial charge on any atom is -0.0764 e. The van der Waals surface area contributed by atoms with Crippen molar-refractivity contribution in [2.45, 2.75) is 32.1 Å². The van der Waals surface area contributed by atoms with Crippen LogP contribution in [0, 0.1) is 0 Å². The summed E-state index contributed by atoms with van der Waals surface area (Å²) in [6.07, 6.45) is 8.56. The highest BCUT2D eigenvalue weighted by Gasteiger charge is 2.19. The summed E-state index contributed by atoms with van der Waals surface area (Å²) in [6.45, 7) is 2.26. The van der Waals surface area contributed by atoms with E-state index in [0.717, 1.165) is 0 Å². The summed E-state index contributed by atoms with van der Waals surface area (Å²) >= 11 is 0. The number of unbranched alkanes of at least 4 members (excludes halogenated alkanes) is 1. The monoisotopic (exact) mass is 248 g/mol. The number of rotatable bonds is 4. The Morgan fingerprint density at radius 1 is 0.947 bits per heavy atom. The normalized spacial score (nSPS) is 16.6.